The number of carbonyl (C=O) groups excluding carboxylic acids is 1. The fraction of sp³-hybridized carbons (Fsp3) is 0.176. The number of hydrogen-bond donors (Lipinski definition) is 0. The van der Waals surface area contributed by atoms with Gasteiger partial charge < -0.3 is 4.74 Å². The molecule has 3 rings (SSSR count). The number of thiazole rings is 1. The third kappa shape index (κ3) is 2.82. The summed E-state index contributed by atoms with van der Waals surface area (Å²) in [5, 5.41) is 0.910. The van der Waals surface area contributed by atoms with Crippen LogP contribution in [0.3, 0.4) is 0 Å². The zero-order valence-corrected chi connectivity index (χ0v) is 14.2. The third-order valence-corrected chi connectivity index (χ3v) is 5.87. The smallest absolute Gasteiger partial charge is 0.171 e. The minimum atomic E-state index is 0.0770. The van der Waals surface area contributed by atoms with E-state index in [-0.39, 0.29) is 5.78 Å². The minimum Gasteiger partial charge on any atom is -0.497 e. The third-order valence-electron chi connectivity index (χ3n) is 3.31. The van der Waals surface area contributed by atoms with E-state index >= 15 is 0 Å². The number of hydrogen-bond acceptors (Lipinski definition) is 5. The van der Waals surface area contributed by atoms with Crippen molar-refractivity contribution in [2.75, 3.05) is 7.11 Å². The number of nitrogens with zero attached hydrogens (tertiary/aromatic N) is 1. The van der Waals surface area contributed by atoms with Gasteiger partial charge in [0.05, 0.1) is 22.6 Å². The highest BCUT2D eigenvalue weighted by Crippen LogP contribution is 2.37. The minimum absolute atomic E-state index is 0.0770. The zero-order chi connectivity index (χ0) is 15.7. The second-order valence-corrected chi connectivity index (χ2v) is 6.96. The van der Waals surface area contributed by atoms with Gasteiger partial charge in [-0.1, -0.05) is 0 Å². The monoisotopic (exact) mass is 329 g/mol. The van der Waals surface area contributed by atoms with Crippen LogP contribution in [0.15, 0.2) is 36.4 Å². The van der Waals surface area contributed by atoms with E-state index in [1.54, 1.807) is 25.4 Å². The molecular weight excluding hydrogens is 314 g/mol. The highest BCUT2D eigenvalue weighted by molar-refractivity contribution is 7.24. The fourth-order valence-electron chi connectivity index (χ4n) is 2.19. The van der Waals surface area contributed by atoms with Gasteiger partial charge in [-0.3, -0.25) is 4.79 Å². The average Bonchev–Trinajstić information content (AvgIpc) is 3.14. The van der Waals surface area contributed by atoms with Crippen molar-refractivity contribution in [2.45, 2.75) is 13.8 Å². The van der Waals surface area contributed by atoms with Crippen molar-refractivity contribution in [1.29, 1.82) is 0 Å². The maximum Gasteiger partial charge on any atom is 0.171 e. The Morgan fingerprint density at radius 3 is 2.32 bits per heavy atom. The van der Waals surface area contributed by atoms with E-state index in [2.05, 4.69) is 17.1 Å². The predicted molar refractivity (Wildman–Crippen MR) is 92.2 cm³/mol. The lowest BCUT2D eigenvalue weighted by molar-refractivity contribution is 0.102. The molecule has 0 aliphatic rings. The Kier molecular flexibility index (Phi) is 4.09. The second kappa shape index (κ2) is 6.02. The van der Waals surface area contributed by atoms with Gasteiger partial charge >= 0.3 is 0 Å². The molecule has 0 unspecified atom stereocenters. The van der Waals surface area contributed by atoms with Gasteiger partial charge in [0.15, 0.2) is 5.78 Å². The lowest BCUT2D eigenvalue weighted by atomic mass is 10.2. The molecule has 3 aromatic rings. The summed E-state index contributed by atoms with van der Waals surface area (Å²) in [6, 6.07) is 12.1. The zero-order valence-electron chi connectivity index (χ0n) is 12.5. The number of aromatic nitrogens is 1. The standard InChI is InChI=1S/C17H15NO2S2/c1-10-16(11(2)19)22-17(18-10)15-9-8-14(21-15)12-4-6-13(20-3)7-5-12/h4-9H,1-3H3. The molecule has 2 aromatic heterocycles. The molecule has 0 aliphatic heterocycles. The van der Waals surface area contributed by atoms with Crippen LogP contribution in [0.4, 0.5) is 0 Å². The van der Waals surface area contributed by atoms with E-state index in [4.69, 9.17) is 4.74 Å². The highest BCUT2D eigenvalue weighted by atomic mass is 32.1. The van der Waals surface area contributed by atoms with Crippen LogP contribution in [0.2, 0.25) is 0 Å². The summed E-state index contributed by atoms with van der Waals surface area (Å²) in [7, 11) is 1.66. The van der Waals surface area contributed by atoms with Gasteiger partial charge in [0, 0.05) is 11.8 Å². The number of Topliss-reactive ketones (excluding diaryl/α,β-unsaturated/α-hetero) is 1. The number of ketones is 1. The molecule has 0 saturated carbocycles. The van der Waals surface area contributed by atoms with Crippen LogP contribution in [0.5, 0.6) is 5.75 Å². The Hall–Kier alpha value is -1.98. The number of carbonyl (C=O) groups is 1. The average molecular weight is 329 g/mol. The van der Waals surface area contributed by atoms with Crippen molar-refractivity contribution < 1.29 is 9.53 Å². The Morgan fingerprint density at radius 2 is 1.73 bits per heavy atom. The summed E-state index contributed by atoms with van der Waals surface area (Å²) in [5.41, 5.74) is 1.96. The molecule has 2 heterocycles. The topological polar surface area (TPSA) is 39.2 Å². The molecule has 3 nitrogen and oxygen atoms in total. The maximum atomic E-state index is 11.6. The van der Waals surface area contributed by atoms with Crippen LogP contribution in [0.1, 0.15) is 22.3 Å². The van der Waals surface area contributed by atoms with Gasteiger partial charge in [-0.2, -0.15) is 0 Å². The van der Waals surface area contributed by atoms with Crippen molar-refractivity contribution in [2.24, 2.45) is 0 Å². The lowest BCUT2D eigenvalue weighted by Gasteiger charge is -2.00. The molecule has 0 bridgehead atoms. The van der Waals surface area contributed by atoms with Crippen LogP contribution in [-0.2, 0) is 0 Å². The number of thiophene rings is 1. The summed E-state index contributed by atoms with van der Waals surface area (Å²) in [4.78, 5) is 19.1. The molecule has 0 N–H and O–H groups in total. The van der Waals surface area contributed by atoms with Crippen molar-refractivity contribution in [3.05, 3.63) is 47.0 Å². The van der Waals surface area contributed by atoms with Crippen LogP contribution in [0, 0.1) is 6.92 Å². The van der Waals surface area contributed by atoms with Gasteiger partial charge in [-0.15, -0.1) is 22.7 Å². The summed E-state index contributed by atoms with van der Waals surface area (Å²) in [6.07, 6.45) is 0. The molecule has 0 saturated heterocycles. The lowest BCUT2D eigenvalue weighted by Crippen LogP contribution is -1.89. The van der Waals surface area contributed by atoms with Crippen LogP contribution in [0.25, 0.3) is 20.3 Å². The number of ether oxygens (including phenoxy) is 1. The van der Waals surface area contributed by atoms with E-state index < -0.39 is 0 Å². The van der Waals surface area contributed by atoms with Gasteiger partial charge in [-0.05, 0) is 48.9 Å². The normalized spacial score (nSPS) is 10.7. The van der Waals surface area contributed by atoms with E-state index in [9.17, 15) is 4.79 Å². The molecule has 5 heteroatoms. The number of methoxy groups -OCH3 is 1. The van der Waals surface area contributed by atoms with Crippen molar-refractivity contribution >= 4 is 28.5 Å². The Morgan fingerprint density at radius 1 is 1.05 bits per heavy atom. The maximum absolute atomic E-state index is 11.6. The van der Waals surface area contributed by atoms with E-state index in [0.29, 0.717) is 0 Å². The molecule has 0 amide bonds. The van der Waals surface area contributed by atoms with E-state index in [1.807, 2.05) is 31.2 Å². The summed E-state index contributed by atoms with van der Waals surface area (Å²) in [5.74, 6) is 0.926. The summed E-state index contributed by atoms with van der Waals surface area (Å²) >= 11 is 3.15. The molecule has 1 aromatic carbocycles. The Labute approximate surface area is 137 Å². The van der Waals surface area contributed by atoms with Gasteiger partial charge in [0.25, 0.3) is 0 Å². The first-order valence-electron chi connectivity index (χ1n) is 6.81. The quantitative estimate of drug-likeness (QED) is 0.628. The highest BCUT2D eigenvalue weighted by Gasteiger charge is 2.14. The second-order valence-electron chi connectivity index (χ2n) is 4.88. The largest absolute Gasteiger partial charge is 0.497 e. The first kappa shape index (κ1) is 14.9. The molecule has 0 atom stereocenters. The molecule has 112 valence electrons. The molecule has 0 radical (unpaired) electrons. The first-order valence-corrected chi connectivity index (χ1v) is 8.45. The van der Waals surface area contributed by atoms with E-state index in [1.165, 1.54) is 16.2 Å². The van der Waals surface area contributed by atoms with Gasteiger partial charge in [0.1, 0.15) is 10.8 Å². The van der Waals surface area contributed by atoms with Crippen LogP contribution >= 0.6 is 22.7 Å². The van der Waals surface area contributed by atoms with Gasteiger partial charge in [0.2, 0.25) is 0 Å². The van der Waals surface area contributed by atoms with Gasteiger partial charge in [-0.25, -0.2) is 4.98 Å². The number of rotatable bonds is 4. The molecule has 0 spiro atoms. The van der Waals surface area contributed by atoms with Crippen molar-refractivity contribution in [3.63, 3.8) is 0 Å². The molecular formula is C17H15NO2S2. The van der Waals surface area contributed by atoms with Crippen molar-refractivity contribution in [1.82, 2.24) is 4.98 Å². The van der Waals surface area contributed by atoms with E-state index in [0.717, 1.165) is 31.8 Å². The Bertz CT molecular complexity index is 816. The van der Waals surface area contributed by atoms with Crippen LogP contribution < -0.4 is 4.74 Å². The molecule has 0 aliphatic carbocycles. The summed E-state index contributed by atoms with van der Waals surface area (Å²) < 4.78 is 5.18. The Balaban J connectivity index is 1.93. The fourth-order valence-corrected chi connectivity index (χ4v) is 4.22. The molecule has 22 heavy (non-hydrogen) atoms. The SMILES string of the molecule is COc1ccc(-c2ccc(-c3nc(C)c(C(C)=O)s3)s2)cc1. The number of aryl methyl sites for hydroxylation is 1. The first-order chi connectivity index (χ1) is 10.6. The molecule has 0 fully saturated rings. The number of benzene rings is 1. The predicted octanol–water partition coefficient (Wildman–Crippen LogP) is 5.06. The van der Waals surface area contributed by atoms with Crippen LogP contribution in [-0.4, -0.2) is 17.9 Å². The van der Waals surface area contributed by atoms with Crippen molar-refractivity contribution in [3.8, 4) is 26.1 Å². The summed E-state index contributed by atoms with van der Waals surface area (Å²) in [6.45, 7) is 3.47.